The number of hydrogen-bond acceptors (Lipinski definition) is 6. The Morgan fingerprint density at radius 3 is 0.700 bits per heavy atom. The van der Waals surface area contributed by atoms with Crippen molar-refractivity contribution in [1.82, 2.24) is 0 Å². The van der Waals surface area contributed by atoms with Gasteiger partial charge in [0.2, 0.25) is 0 Å². The SMILES string of the molecule is O=[N+]([O-])[O-].O=[N+]([O-])[O-].[Bi+3].[Bi+3]. The fourth-order valence-corrected chi connectivity index (χ4v) is 0. The molecule has 10 heteroatoms. The molecule has 0 aromatic heterocycles. The Hall–Kier alpha value is 0.166. The second kappa shape index (κ2) is 16.1. The third-order valence-corrected chi connectivity index (χ3v) is 0. The summed E-state index contributed by atoms with van der Waals surface area (Å²) < 4.78 is 0. The topological polar surface area (TPSA) is 132 Å². The molecule has 0 N–H and O–H groups in total. The van der Waals surface area contributed by atoms with Crippen LogP contribution in [-0.2, 0) is 0 Å². The van der Waals surface area contributed by atoms with Crippen LogP contribution in [-0.4, -0.2) is 62.6 Å². The van der Waals surface area contributed by atoms with Crippen molar-refractivity contribution in [3.63, 3.8) is 0 Å². The fourth-order valence-electron chi connectivity index (χ4n) is 0. The summed E-state index contributed by atoms with van der Waals surface area (Å²) in [5.41, 5.74) is 0. The van der Waals surface area contributed by atoms with E-state index in [2.05, 4.69) is 0 Å². The minimum Gasteiger partial charge on any atom is -0.356 e. The number of hydrogen-bond donors (Lipinski definition) is 0. The van der Waals surface area contributed by atoms with E-state index in [1.807, 2.05) is 0 Å². The predicted octanol–water partition coefficient (Wildman–Crippen LogP) is -1.24. The minimum absolute atomic E-state index is 0. The Kier molecular flexibility index (Phi) is 36.1. The van der Waals surface area contributed by atoms with E-state index in [-0.39, 0.29) is 52.4 Å². The quantitative estimate of drug-likeness (QED) is 0.214. The van der Waals surface area contributed by atoms with Gasteiger partial charge in [0.05, 0.1) is 10.2 Å². The van der Waals surface area contributed by atoms with Crippen LogP contribution in [0.3, 0.4) is 0 Å². The average molecular weight is 542 g/mol. The third-order valence-electron chi connectivity index (χ3n) is 0. The molecule has 0 aliphatic carbocycles. The van der Waals surface area contributed by atoms with Gasteiger partial charge in [-0.3, -0.25) is 0 Å². The molecule has 0 bridgehead atoms. The molecular formula is Bi2N2O6+4. The molecule has 0 saturated carbocycles. The van der Waals surface area contributed by atoms with Gasteiger partial charge < -0.3 is 30.6 Å². The molecule has 0 aliphatic rings. The molecule has 0 spiro atoms. The third kappa shape index (κ3) is 15200. The molecule has 0 rings (SSSR count). The van der Waals surface area contributed by atoms with Crippen molar-refractivity contribution in [2.45, 2.75) is 0 Å². The number of nitrogens with zero attached hydrogens (tertiary/aromatic N) is 2. The van der Waals surface area contributed by atoms with Crippen LogP contribution in [0.4, 0.5) is 0 Å². The van der Waals surface area contributed by atoms with E-state index in [1.54, 1.807) is 0 Å². The first-order valence-electron chi connectivity index (χ1n) is 1.10. The van der Waals surface area contributed by atoms with Gasteiger partial charge in [0.25, 0.3) is 0 Å². The predicted molar refractivity (Wildman–Crippen MR) is 32.2 cm³/mol. The van der Waals surface area contributed by atoms with E-state index in [0.29, 0.717) is 0 Å². The molecule has 0 unspecified atom stereocenters. The molecule has 0 atom stereocenters. The summed E-state index contributed by atoms with van der Waals surface area (Å²) >= 11 is 0. The average Bonchev–Trinajstić information content (AvgIpc) is 1.25. The van der Waals surface area contributed by atoms with Gasteiger partial charge in [-0.2, -0.15) is 0 Å². The van der Waals surface area contributed by atoms with Gasteiger partial charge >= 0.3 is 52.4 Å². The summed E-state index contributed by atoms with van der Waals surface area (Å²) in [5, 5.41) is 29.5. The van der Waals surface area contributed by atoms with Gasteiger partial charge in [0.15, 0.2) is 0 Å². The van der Waals surface area contributed by atoms with E-state index in [4.69, 9.17) is 30.6 Å². The minimum atomic E-state index is -1.75. The zero-order valence-corrected chi connectivity index (χ0v) is 11.2. The molecule has 10 heavy (non-hydrogen) atoms. The Bertz CT molecular complexity index is 71.7. The summed E-state index contributed by atoms with van der Waals surface area (Å²) in [4.78, 5) is 16.5. The van der Waals surface area contributed by atoms with Crippen molar-refractivity contribution < 1.29 is 10.2 Å². The smallest absolute Gasteiger partial charge is 0.356 e. The molecule has 0 amide bonds. The van der Waals surface area contributed by atoms with E-state index >= 15 is 0 Å². The summed E-state index contributed by atoms with van der Waals surface area (Å²) in [7, 11) is 0. The van der Waals surface area contributed by atoms with Crippen LogP contribution in [0.1, 0.15) is 0 Å². The Morgan fingerprint density at radius 2 is 0.700 bits per heavy atom. The largest absolute Gasteiger partial charge is 3.00 e. The molecule has 0 aromatic rings. The monoisotopic (exact) mass is 542 g/mol. The first-order chi connectivity index (χ1) is 3.46. The Labute approximate surface area is 92.7 Å². The van der Waals surface area contributed by atoms with Gasteiger partial charge in [-0.1, -0.05) is 0 Å². The first-order valence-corrected chi connectivity index (χ1v) is 1.10. The normalized spacial score (nSPS) is 4.80. The zero-order valence-electron chi connectivity index (χ0n) is 4.24. The van der Waals surface area contributed by atoms with Gasteiger partial charge in [0.1, 0.15) is 0 Å². The molecule has 0 heterocycles. The molecular weight excluding hydrogens is 542 g/mol. The van der Waals surface area contributed by atoms with Crippen molar-refractivity contribution in [3.8, 4) is 0 Å². The molecule has 0 saturated heterocycles. The van der Waals surface area contributed by atoms with Crippen molar-refractivity contribution in [2.24, 2.45) is 0 Å². The van der Waals surface area contributed by atoms with Crippen molar-refractivity contribution >= 4 is 52.4 Å². The van der Waals surface area contributed by atoms with Crippen LogP contribution < -0.4 is 0 Å². The van der Waals surface area contributed by atoms with Crippen molar-refractivity contribution in [3.05, 3.63) is 30.6 Å². The van der Waals surface area contributed by atoms with E-state index in [9.17, 15) is 0 Å². The van der Waals surface area contributed by atoms with E-state index < -0.39 is 10.2 Å². The Balaban J connectivity index is -0.0000000300. The number of rotatable bonds is 0. The maximum Gasteiger partial charge on any atom is 3.00 e. The van der Waals surface area contributed by atoms with E-state index in [1.165, 1.54) is 0 Å². The maximum absolute atomic E-state index is 8.25. The zero-order chi connectivity index (χ0) is 7.15. The first kappa shape index (κ1) is 22.5. The van der Waals surface area contributed by atoms with Crippen LogP contribution in [0.5, 0.6) is 0 Å². The van der Waals surface area contributed by atoms with E-state index in [0.717, 1.165) is 0 Å². The molecule has 0 aromatic carbocycles. The summed E-state index contributed by atoms with van der Waals surface area (Å²) in [5.74, 6) is 0. The molecule has 0 fully saturated rings. The van der Waals surface area contributed by atoms with Gasteiger partial charge in [-0.15, -0.1) is 0 Å². The van der Waals surface area contributed by atoms with Gasteiger partial charge in [-0.05, 0) is 0 Å². The van der Waals surface area contributed by atoms with Gasteiger partial charge in [0, 0.05) is 0 Å². The molecule has 0 aliphatic heterocycles. The summed E-state index contributed by atoms with van der Waals surface area (Å²) in [6.07, 6.45) is 0. The second-order valence-electron chi connectivity index (χ2n) is 0.447. The summed E-state index contributed by atoms with van der Waals surface area (Å²) in [6, 6.07) is 0. The Morgan fingerprint density at radius 1 is 0.700 bits per heavy atom. The molecule has 52 valence electrons. The van der Waals surface area contributed by atoms with Crippen molar-refractivity contribution in [1.29, 1.82) is 0 Å². The van der Waals surface area contributed by atoms with Crippen LogP contribution in [0.15, 0.2) is 0 Å². The fraction of sp³-hybridized carbons (Fsp3) is 0. The molecule has 4 radical (unpaired) electrons. The van der Waals surface area contributed by atoms with Crippen molar-refractivity contribution in [2.75, 3.05) is 0 Å². The van der Waals surface area contributed by atoms with Crippen LogP contribution in [0.2, 0.25) is 0 Å². The maximum atomic E-state index is 8.25. The van der Waals surface area contributed by atoms with Crippen LogP contribution in [0, 0.1) is 30.6 Å². The van der Waals surface area contributed by atoms with Crippen LogP contribution >= 0.6 is 0 Å². The summed E-state index contributed by atoms with van der Waals surface area (Å²) in [6.45, 7) is 0. The standard InChI is InChI=1S/2Bi.2NO3/c;;2*2-1(3)4/q2*+3;2*-1. The molecule has 8 nitrogen and oxygen atoms in total. The second-order valence-corrected chi connectivity index (χ2v) is 0.447. The van der Waals surface area contributed by atoms with Gasteiger partial charge in [-0.25, -0.2) is 0 Å². The van der Waals surface area contributed by atoms with Crippen LogP contribution in [0.25, 0.3) is 0 Å².